The largest absolute Gasteiger partial charge is 0.496 e. The van der Waals surface area contributed by atoms with Gasteiger partial charge in [0.05, 0.1) is 12.7 Å². The molecule has 4 heteroatoms. The molecule has 0 unspecified atom stereocenters. The highest BCUT2D eigenvalue weighted by atomic mass is 19.1. The molecule has 20 heavy (non-hydrogen) atoms. The van der Waals surface area contributed by atoms with Crippen LogP contribution in [0.5, 0.6) is 5.75 Å². The highest BCUT2D eigenvalue weighted by Gasteiger charge is 2.13. The number of hydrogen-bond donors (Lipinski definition) is 1. The molecule has 0 aromatic heterocycles. The Kier molecular flexibility index (Phi) is 4.35. The van der Waals surface area contributed by atoms with Crippen LogP contribution in [0.3, 0.4) is 0 Å². The number of carbonyl (C=O) groups is 1. The predicted octanol–water partition coefficient (Wildman–Crippen LogP) is 3.65. The van der Waals surface area contributed by atoms with Crippen LogP contribution in [0.15, 0.2) is 42.5 Å². The van der Waals surface area contributed by atoms with E-state index in [-0.39, 0.29) is 5.56 Å². The van der Waals surface area contributed by atoms with Crippen LogP contribution < -0.4 is 10.1 Å². The summed E-state index contributed by atoms with van der Waals surface area (Å²) < 4.78 is 18.3. The zero-order valence-corrected chi connectivity index (χ0v) is 11.4. The Bertz CT molecular complexity index is 626. The van der Waals surface area contributed by atoms with Crippen molar-refractivity contribution in [1.29, 1.82) is 0 Å². The van der Waals surface area contributed by atoms with Crippen molar-refractivity contribution in [1.82, 2.24) is 0 Å². The second kappa shape index (κ2) is 6.19. The lowest BCUT2D eigenvalue weighted by Crippen LogP contribution is -2.13. The maximum Gasteiger partial charge on any atom is 0.259 e. The van der Waals surface area contributed by atoms with Crippen LogP contribution in [0.4, 0.5) is 10.1 Å². The van der Waals surface area contributed by atoms with Crippen LogP contribution in [0, 0.1) is 5.82 Å². The van der Waals surface area contributed by atoms with Gasteiger partial charge in [0.25, 0.3) is 5.91 Å². The van der Waals surface area contributed by atoms with E-state index in [0.29, 0.717) is 11.4 Å². The number of rotatable bonds is 4. The van der Waals surface area contributed by atoms with Gasteiger partial charge in [-0.2, -0.15) is 0 Å². The third-order valence-electron chi connectivity index (χ3n) is 3.00. The van der Waals surface area contributed by atoms with E-state index in [9.17, 15) is 9.18 Å². The van der Waals surface area contributed by atoms with E-state index in [1.165, 1.54) is 19.2 Å². The van der Waals surface area contributed by atoms with Gasteiger partial charge in [0.1, 0.15) is 11.6 Å². The monoisotopic (exact) mass is 273 g/mol. The molecule has 0 aliphatic carbocycles. The lowest BCUT2D eigenvalue weighted by Gasteiger charge is -2.10. The average molecular weight is 273 g/mol. The number of hydrogen-bond acceptors (Lipinski definition) is 2. The highest BCUT2D eigenvalue weighted by molar-refractivity contribution is 6.06. The smallest absolute Gasteiger partial charge is 0.259 e. The lowest BCUT2D eigenvalue weighted by atomic mass is 10.1. The number of benzene rings is 2. The van der Waals surface area contributed by atoms with Gasteiger partial charge >= 0.3 is 0 Å². The van der Waals surface area contributed by atoms with Crippen molar-refractivity contribution in [2.45, 2.75) is 13.3 Å². The summed E-state index contributed by atoms with van der Waals surface area (Å²) in [6, 6.07) is 11.4. The SMILES string of the molecule is CCc1cccc(NC(=O)c2cc(F)ccc2OC)c1. The van der Waals surface area contributed by atoms with Crippen molar-refractivity contribution in [2.75, 3.05) is 12.4 Å². The molecule has 2 aromatic rings. The van der Waals surface area contributed by atoms with Crippen molar-refractivity contribution in [3.8, 4) is 5.75 Å². The maximum absolute atomic E-state index is 13.3. The maximum atomic E-state index is 13.3. The fourth-order valence-electron chi connectivity index (χ4n) is 1.93. The van der Waals surface area contributed by atoms with Gasteiger partial charge in [-0.05, 0) is 42.3 Å². The molecular weight excluding hydrogens is 257 g/mol. The average Bonchev–Trinajstić information content (AvgIpc) is 2.47. The highest BCUT2D eigenvalue weighted by Crippen LogP contribution is 2.21. The fourth-order valence-corrected chi connectivity index (χ4v) is 1.93. The minimum atomic E-state index is -0.474. The summed E-state index contributed by atoms with van der Waals surface area (Å²) >= 11 is 0. The van der Waals surface area contributed by atoms with Crippen molar-refractivity contribution >= 4 is 11.6 Å². The first kappa shape index (κ1) is 14.1. The number of aryl methyl sites for hydroxylation is 1. The van der Waals surface area contributed by atoms with E-state index in [1.54, 1.807) is 6.07 Å². The molecule has 104 valence electrons. The number of carbonyl (C=O) groups excluding carboxylic acids is 1. The van der Waals surface area contributed by atoms with Crippen LogP contribution >= 0.6 is 0 Å². The van der Waals surface area contributed by atoms with Gasteiger partial charge in [-0.3, -0.25) is 4.79 Å². The Morgan fingerprint density at radius 3 is 2.75 bits per heavy atom. The summed E-state index contributed by atoms with van der Waals surface area (Å²) in [7, 11) is 1.45. The van der Waals surface area contributed by atoms with Gasteiger partial charge in [0.2, 0.25) is 0 Å². The Morgan fingerprint density at radius 2 is 2.05 bits per heavy atom. The molecule has 3 nitrogen and oxygen atoms in total. The van der Waals surface area contributed by atoms with Gasteiger partial charge in [-0.15, -0.1) is 0 Å². The number of ether oxygens (including phenoxy) is 1. The number of nitrogens with one attached hydrogen (secondary N) is 1. The molecular formula is C16H16FNO2. The minimum Gasteiger partial charge on any atom is -0.496 e. The first-order valence-electron chi connectivity index (χ1n) is 6.38. The summed E-state index contributed by atoms with van der Waals surface area (Å²) in [5.74, 6) is -0.525. The fraction of sp³-hybridized carbons (Fsp3) is 0.188. The topological polar surface area (TPSA) is 38.3 Å². The molecule has 0 aliphatic heterocycles. The van der Waals surface area contributed by atoms with E-state index in [0.717, 1.165) is 18.1 Å². The van der Waals surface area contributed by atoms with Crippen LogP contribution in [-0.2, 0) is 6.42 Å². The van der Waals surface area contributed by atoms with Crippen LogP contribution in [0.25, 0.3) is 0 Å². The van der Waals surface area contributed by atoms with Crippen molar-refractivity contribution < 1.29 is 13.9 Å². The first-order valence-corrected chi connectivity index (χ1v) is 6.38. The molecule has 0 saturated carbocycles. The Hall–Kier alpha value is -2.36. The summed E-state index contributed by atoms with van der Waals surface area (Å²) in [5.41, 5.74) is 1.98. The van der Waals surface area contributed by atoms with E-state index in [1.807, 2.05) is 25.1 Å². The van der Waals surface area contributed by atoms with Crippen molar-refractivity contribution in [3.63, 3.8) is 0 Å². The number of halogens is 1. The first-order chi connectivity index (χ1) is 9.63. The Labute approximate surface area is 117 Å². The third kappa shape index (κ3) is 3.15. The number of methoxy groups -OCH3 is 1. The second-order valence-electron chi connectivity index (χ2n) is 4.35. The van der Waals surface area contributed by atoms with E-state index in [4.69, 9.17) is 4.74 Å². The molecule has 0 bridgehead atoms. The standard InChI is InChI=1S/C16H16FNO2/c1-3-11-5-4-6-13(9-11)18-16(19)14-10-12(17)7-8-15(14)20-2/h4-10H,3H2,1-2H3,(H,18,19). The molecule has 0 heterocycles. The van der Waals surface area contributed by atoms with Crippen molar-refractivity contribution in [3.05, 3.63) is 59.4 Å². The van der Waals surface area contributed by atoms with Crippen LogP contribution in [0.2, 0.25) is 0 Å². The molecule has 0 saturated heterocycles. The Morgan fingerprint density at radius 1 is 1.25 bits per heavy atom. The zero-order chi connectivity index (χ0) is 14.5. The predicted molar refractivity (Wildman–Crippen MR) is 76.7 cm³/mol. The lowest BCUT2D eigenvalue weighted by molar-refractivity contribution is 0.102. The second-order valence-corrected chi connectivity index (χ2v) is 4.35. The number of anilines is 1. The molecule has 2 aromatic carbocycles. The van der Waals surface area contributed by atoms with Crippen molar-refractivity contribution in [2.24, 2.45) is 0 Å². The van der Waals surface area contributed by atoms with Gasteiger partial charge in [-0.1, -0.05) is 19.1 Å². The van der Waals surface area contributed by atoms with Gasteiger partial charge in [-0.25, -0.2) is 4.39 Å². The zero-order valence-electron chi connectivity index (χ0n) is 11.4. The molecule has 1 amide bonds. The molecule has 0 fully saturated rings. The quantitative estimate of drug-likeness (QED) is 0.923. The molecule has 1 N–H and O–H groups in total. The molecule has 0 atom stereocenters. The summed E-state index contributed by atoms with van der Waals surface area (Å²) in [6.07, 6.45) is 0.882. The van der Waals surface area contributed by atoms with E-state index < -0.39 is 11.7 Å². The van der Waals surface area contributed by atoms with Gasteiger partial charge in [0, 0.05) is 5.69 Å². The van der Waals surface area contributed by atoms with E-state index >= 15 is 0 Å². The minimum absolute atomic E-state index is 0.175. The molecule has 2 rings (SSSR count). The molecule has 0 aliphatic rings. The molecule has 0 radical (unpaired) electrons. The van der Waals surface area contributed by atoms with Gasteiger partial charge in [0.15, 0.2) is 0 Å². The number of amides is 1. The van der Waals surface area contributed by atoms with Crippen LogP contribution in [-0.4, -0.2) is 13.0 Å². The summed E-state index contributed by atoms with van der Waals surface area (Å²) in [4.78, 5) is 12.2. The summed E-state index contributed by atoms with van der Waals surface area (Å²) in [6.45, 7) is 2.04. The normalized spacial score (nSPS) is 10.2. The molecule has 0 spiro atoms. The van der Waals surface area contributed by atoms with E-state index in [2.05, 4.69) is 5.32 Å². The Balaban J connectivity index is 2.25. The summed E-state index contributed by atoms with van der Waals surface area (Å²) in [5, 5.41) is 2.75. The third-order valence-corrected chi connectivity index (χ3v) is 3.00. The van der Waals surface area contributed by atoms with Crippen LogP contribution in [0.1, 0.15) is 22.8 Å². The van der Waals surface area contributed by atoms with Gasteiger partial charge < -0.3 is 10.1 Å².